The zero-order valence-electron chi connectivity index (χ0n) is 23.5. The van der Waals surface area contributed by atoms with Gasteiger partial charge in [0.1, 0.15) is 6.61 Å². The number of anilines is 1. The van der Waals surface area contributed by atoms with Gasteiger partial charge in [-0.3, -0.25) is 9.59 Å². The molecule has 0 amide bonds. The number of rotatable bonds is 5. The molecule has 4 N–H and O–H groups in total. The highest BCUT2D eigenvalue weighted by molar-refractivity contribution is 6.01. The van der Waals surface area contributed by atoms with Gasteiger partial charge in [-0.05, 0) is 73.4 Å². The first-order valence-electron chi connectivity index (χ1n) is 14.7. The Hall–Kier alpha value is -3.04. The molecule has 4 aliphatic carbocycles. The summed E-state index contributed by atoms with van der Waals surface area (Å²) in [5, 5.41) is 22.0. The Morgan fingerprint density at radius 3 is 2.73 bits per heavy atom. The van der Waals surface area contributed by atoms with E-state index in [1.54, 1.807) is 12.2 Å². The smallest absolute Gasteiger partial charge is 0.193 e. The molecule has 9 atom stereocenters. The van der Waals surface area contributed by atoms with Crippen LogP contribution < -0.4 is 5.73 Å². The first-order valence-corrected chi connectivity index (χ1v) is 14.7. The van der Waals surface area contributed by atoms with E-state index in [2.05, 4.69) is 13.8 Å². The molecule has 0 unspecified atom stereocenters. The summed E-state index contributed by atoms with van der Waals surface area (Å²) < 4.78 is 15.3. The summed E-state index contributed by atoms with van der Waals surface area (Å²) in [7, 11) is 0. The third-order valence-electron chi connectivity index (χ3n) is 11.2. The Kier molecular flexibility index (Phi) is 6.04. The van der Waals surface area contributed by atoms with Gasteiger partial charge in [0, 0.05) is 46.9 Å². The number of ketones is 2. The van der Waals surface area contributed by atoms with Crippen molar-refractivity contribution in [3.05, 3.63) is 77.7 Å². The van der Waals surface area contributed by atoms with E-state index in [-0.39, 0.29) is 29.3 Å². The van der Waals surface area contributed by atoms with Gasteiger partial charge in [-0.2, -0.15) is 0 Å². The van der Waals surface area contributed by atoms with E-state index < -0.39 is 41.5 Å². The topological polar surface area (TPSA) is 124 Å². The van der Waals surface area contributed by atoms with E-state index in [1.165, 1.54) is 0 Å². The Morgan fingerprint density at radius 2 is 1.98 bits per heavy atom. The van der Waals surface area contributed by atoms with Gasteiger partial charge in [-0.25, -0.2) is 0 Å². The fraction of sp³-hybridized carbons (Fsp3) is 0.515. The number of carbonyl (C=O) groups is 2. The number of nitrogens with zero attached hydrogens (tertiary/aromatic N) is 1. The maximum atomic E-state index is 13.7. The summed E-state index contributed by atoms with van der Waals surface area (Å²) >= 11 is 0. The fourth-order valence-electron chi connectivity index (χ4n) is 9.37. The Balaban J connectivity index is 1.19. The number of aliphatic hydroxyl groups is 2. The van der Waals surface area contributed by atoms with Crippen molar-refractivity contribution in [2.24, 2.45) is 28.6 Å². The number of hydrogen-bond acceptors (Lipinski definition) is 7. The predicted octanol–water partition coefficient (Wildman–Crippen LogP) is 3.72. The van der Waals surface area contributed by atoms with Crippen molar-refractivity contribution < 1.29 is 29.3 Å². The molecule has 5 aliphatic rings. The molecule has 1 saturated heterocycles. The second-order valence-electron chi connectivity index (χ2n) is 13.2. The number of nitrogen functional groups attached to an aromatic ring is 1. The number of benzene rings is 1. The second-order valence-corrected chi connectivity index (χ2v) is 13.2. The number of aliphatic hydroxyl groups excluding tert-OH is 2. The Bertz CT molecular complexity index is 1460. The lowest BCUT2D eigenvalue weighted by Gasteiger charge is -2.59. The Morgan fingerprint density at radius 1 is 1.20 bits per heavy atom. The average molecular weight is 559 g/mol. The zero-order chi connectivity index (χ0) is 28.7. The van der Waals surface area contributed by atoms with Crippen LogP contribution in [0.2, 0.25) is 0 Å². The molecule has 1 aromatic carbocycles. The van der Waals surface area contributed by atoms with Crippen LogP contribution in [0.3, 0.4) is 0 Å². The Labute approximate surface area is 239 Å². The number of carbonyl (C=O) groups excluding carboxylic acids is 2. The molecule has 8 heteroatoms. The number of nitrogens with two attached hydrogens (primary N) is 1. The van der Waals surface area contributed by atoms with Crippen molar-refractivity contribution in [1.82, 2.24) is 4.57 Å². The molecular formula is C33H38N2O6. The van der Waals surface area contributed by atoms with Gasteiger partial charge >= 0.3 is 0 Å². The molecule has 0 spiro atoms. The second kappa shape index (κ2) is 9.23. The lowest BCUT2D eigenvalue weighted by Crippen LogP contribution is -2.63. The van der Waals surface area contributed by atoms with Crippen LogP contribution in [0.5, 0.6) is 0 Å². The molecular weight excluding hydrogens is 520 g/mol. The average Bonchev–Trinajstić information content (AvgIpc) is 3.62. The lowest BCUT2D eigenvalue weighted by atomic mass is 9.46. The van der Waals surface area contributed by atoms with Gasteiger partial charge < -0.3 is 30.0 Å². The molecule has 3 saturated carbocycles. The minimum Gasteiger partial charge on any atom is -0.399 e. The molecule has 8 nitrogen and oxygen atoms in total. The monoisotopic (exact) mass is 558 g/mol. The number of hydrogen-bond donors (Lipinski definition) is 3. The SMILES string of the molecule is C[C@]12C=CC(=O)C=C1CC[C@@H]1[C@@H]2[C@@H](O)C[C@@]2(C)[C@H]1C[C@H]1O[C@@H](c3ccn(Cc4ccc(N)cc4)c3)O[C@]12C(=O)CO. The van der Waals surface area contributed by atoms with Crippen LogP contribution in [-0.4, -0.2) is 50.8 Å². The van der Waals surface area contributed by atoms with Crippen molar-refractivity contribution in [2.75, 3.05) is 12.3 Å². The summed E-state index contributed by atoms with van der Waals surface area (Å²) in [6, 6.07) is 9.68. The summed E-state index contributed by atoms with van der Waals surface area (Å²) in [6.45, 7) is 4.19. The summed E-state index contributed by atoms with van der Waals surface area (Å²) in [5.74, 6) is -0.249. The van der Waals surface area contributed by atoms with Gasteiger partial charge in [-0.1, -0.05) is 37.6 Å². The van der Waals surface area contributed by atoms with Crippen molar-refractivity contribution in [3.8, 4) is 0 Å². The van der Waals surface area contributed by atoms with Gasteiger partial charge in [0.15, 0.2) is 23.5 Å². The maximum Gasteiger partial charge on any atom is 0.193 e. The van der Waals surface area contributed by atoms with E-state index in [0.717, 1.165) is 35.2 Å². The maximum absolute atomic E-state index is 13.7. The van der Waals surface area contributed by atoms with E-state index in [0.29, 0.717) is 19.4 Å². The van der Waals surface area contributed by atoms with Crippen LogP contribution in [0.4, 0.5) is 5.69 Å². The van der Waals surface area contributed by atoms with Crippen LogP contribution in [0.25, 0.3) is 0 Å². The van der Waals surface area contributed by atoms with E-state index in [1.807, 2.05) is 53.4 Å². The number of fused-ring (bicyclic) bond motifs is 7. The van der Waals surface area contributed by atoms with Gasteiger partial charge in [-0.15, -0.1) is 0 Å². The number of ether oxygens (including phenoxy) is 2. The first kappa shape index (κ1) is 26.8. The third-order valence-corrected chi connectivity index (χ3v) is 11.2. The number of allylic oxidation sites excluding steroid dienone is 4. The standard InChI is InChI=1S/C33H38N2O6/c1-31-11-9-23(37)13-21(31)5-8-24-25-14-28-33(27(39)18-36,32(25,2)15-26(38)29(24)31)41-30(40-28)20-10-12-35(17-20)16-19-3-6-22(34)7-4-19/h3-4,6-7,9-13,17,24-26,28-30,36,38H,5,8,14-16,18,34H2,1-2H3/t24-,25-,26-,28+,29+,30+,31-,32-,33+/m0/s1. The molecule has 0 bridgehead atoms. The van der Waals surface area contributed by atoms with Crippen LogP contribution >= 0.6 is 0 Å². The van der Waals surface area contributed by atoms with Gasteiger partial charge in [0.05, 0.1) is 12.2 Å². The minimum absolute atomic E-state index is 0.00379. The summed E-state index contributed by atoms with van der Waals surface area (Å²) in [5.41, 5.74) is 7.08. The molecule has 216 valence electrons. The molecule has 2 heterocycles. The zero-order valence-corrected chi connectivity index (χ0v) is 23.5. The molecule has 4 fully saturated rings. The van der Waals surface area contributed by atoms with Crippen molar-refractivity contribution in [1.29, 1.82) is 0 Å². The number of aromatic nitrogens is 1. The summed E-state index contributed by atoms with van der Waals surface area (Å²) in [4.78, 5) is 25.9. The van der Waals surface area contributed by atoms with Crippen molar-refractivity contribution in [2.45, 2.75) is 70.2 Å². The van der Waals surface area contributed by atoms with Crippen LogP contribution in [0.1, 0.15) is 56.9 Å². The molecule has 0 radical (unpaired) electrons. The normalized spacial score (nSPS) is 40.9. The predicted molar refractivity (Wildman–Crippen MR) is 151 cm³/mol. The summed E-state index contributed by atoms with van der Waals surface area (Å²) in [6.07, 6.45) is 9.91. The highest BCUT2D eigenvalue weighted by Crippen LogP contribution is 2.70. The van der Waals surface area contributed by atoms with E-state index >= 15 is 0 Å². The minimum atomic E-state index is -1.35. The van der Waals surface area contributed by atoms with E-state index in [4.69, 9.17) is 15.2 Å². The van der Waals surface area contributed by atoms with Crippen LogP contribution in [0.15, 0.2) is 66.5 Å². The van der Waals surface area contributed by atoms with E-state index in [9.17, 15) is 19.8 Å². The molecule has 2 aromatic rings. The fourth-order valence-corrected chi connectivity index (χ4v) is 9.37. The molecule has 41 heavy (non-hydrogen) atoms. The van der Waals surface area contributed by atoms with Crippen molar-refractivity contribution >= 4 is 17.3 Å². The van der Waals surface area contributed by atoms with Crippen LogP contribution in [0, 0.1) is 28.6 Å². The molecule has 7 rings (SSSR count). The largest absolute Gasteiger partial charge is 0.399 e. The highest BCUT2D eigenvalue weighted by atomic mass is 16.7. The quantitative estimate of drug-likeness (QED) is 0.478. The first-order chi connectivity index (χ1) is 19.6. The van der Waals surface area contributed by atoms with Crippen molar-refractivity contribution in [3.63, 3.8) is 0 Å². The van der Waals surface area contributed by atoms with Gasteiger partial charge in [0.2, 0.25) is 0 Å². The lowest BCUT2D eigenvalue weighted by molar-refractivity contribution is -0.201. The number of Topliss-reactive ketones (excluding diaryl/α,β-unsaturated/α-hetero) is 1. The third kappa shape index (κ3) is 3.74. The highest BCUT2D eigenvalue weighted by Gasteiger charge is 2.75. The van der Waals surface area contributed by atoms with Gasteiger partial charge in [0.25, 0.3) is 0 Å². The molecule has 1 aromatic heterocycles. The molecule has 1 aliphatic heterocycles. The van der Waals surface area contributed by atoms with Crippen LogP contribution in [-0.2, 0) is 25.6 Å².